The molecule has 0 unspecified atom stereocenters. The highest BCUT2D eigenvalue weighted by Crippen LogP contribution is 2.11. The van der Waals surface area contributed by atoms with Gasteiger partial charge in [-0.05, 0) is 36.4 Å². The van der Waals surface area contributed by atoms with Gasteiger partial charge in [-0.25, -0.2) is 9.36 Å². The molecule has 1 aromatic heterocycles. The van der Waals surface area contributed by atoms with Gasteiger partial charge in [-0.1, -0.05) is 54.6 Å². The number of aromatic nitrogens is 2. The molecule has 0 spiro atoms. The lowest BCUT2D eigenvalue weighted by molar-refractivity contribution is -0.606. The van der Waals surface area contributed by atoms with Gasteiger partial charge in [-0.2, -0.15) is 0 Å². The fraction of sp³-hybridized carbons (Fsp3) is 0. The van der Waals surface area contributed by atoms with E-state index in [2.05, 4.69) is 0 Å². The summed E-state index contributed by atoms with van der Waals surface area (Å²) in [5.41, 5.74) is -0.306. The lowest BCUT2D eigenvalue weighted by atomic mass is 10.3. The Kier molecular flexibility index (Phi) is 5.12. The van der Waals surface area contributed by atoms with Crippen LogP contribution in [0, 0.1) is 7.14 Å². The van der Waals surface area contributed by atoms with Gasteiger partial charge >= 0.3 is 32.5 Å². The summed E-state index contributed by atoms with van der Waals surface area (Å²) < 4.78 is 3.28. The van der Waals surface area contributed by atoms with Crippen LogP contribution in [0.3, 0.4) is 0 Å². The summed E-state index contributed by atoms with van der Waals surface area (Å²) in [5.74, 6) is -0.537. The molecule has 138 valence electrons. The van der Waals surface area contributed by atoms with Crippen molar-refractivity contribution in [1.82, 2.24) is 9.13 Å². The van der Waals surface area contributed by atoms with Gasteiger partial charge in [0.1, 0.15) is 0 Å². The van der Waals surface area contributed by atoms with E-state index >= 15 is 0 Å². The first-order valence-corrected chi connectivity index (χ1v) is 10.7. The highest BCUT2D eigenvalue weighted by Gasteiger charge is 2.27. The zero-order valence-corrected chi connectivity index (χ0v) is 16.8. The van der Waals surface area contributed by atoms with E-state index in [1.165, 1.54) is 0 Å². The monoisotopic (exact) mass is 482 g/mol. The molecule has 0 N–H and O–H groups in total. The van der Waals surface area contributed by atoms with Crippen molar-refractivity contribution in [1.29, 1.82) is 0 Å². The topological polar surface area (TPSA) is 67.1 Å². The molecule has 3 aromatic carbocycles. The molecular formula is C22H15IN2O3. The van der Waals surface area contributed by atoms with Crippen molar-refractivity contribution >= 4 is 0 Å². The number of halogens is 1. The quantitative estimate of drug-likeness (QED) is 0.358. The first-order valence-electron chi connectivity index (χ1n) is 8.56. The molecule has 4 rings (SSSR count). The van der Waals surface area contributed by atoms with Crippen molar-refractivity contribution in [2.75, 3.05) is 0 Å². The predicted octanol–water partition coefficient (Wildman–Crippen LogP) is -0.810. The molecule has 0 atom stereocenters. The summed E-state index contributed by atoms with van der Waals surface area (Å²) in [6.07, 6.45) is 0. The lowest BCUT2D eigenvalue weighted by Gasteiger charge is -2.18. The van der Waals surface area contributed by atoms with E-state index in [0.29, 0.717) is 11.4 Å². The van der Waals surface area contributed by atoms with Gasteiger partial charge in [0.15, 0.2) is 3.57 Å². The Bertz CT molecular complexity index is 1220. The van der Waals surface area contributed by atoms with Crippen LogP contribution in [0.2, 0.25) is 0 Å². The van der Waals surface area contributed by atoms with Crippen LogP contribution < -0.4 is 37.6 Å². The molecule has 0 saturated carbocycles. The third kappa shape index (κ3) is 3.38. The normalized spacial score (nSPS) is 10.7. The minimum absolute atomic E-state index is 0.164. The first kappa shape index (κ1) is 18.2. The molecule has 0 aliphatic rings. The summed E-state index contributed by atoms with van der Waals surface area (Å²) in [5, 5.41) is 13.2. The van der Waals surface area contributed by atoms with E-state index in [4.69, 9.17) is 0 Å². The van der Waals surface area contributed by atoms with Crippen molar-refractivity contribution in [3.8, 4) is 17.3 Å². The molecule has 0 saturated heterocycles. The van der Waals surface area contributed by atoms with Crippen LogP contribution in [0.5, 0.6) is 5.88 Å². The number of rotatable bonds is 4. The fourth-order valence-electron chi connectivity index (χ4n) is 2.84. The van der Waals surface area contributed by atoms with Gasteiger partial charge in [-0.3, -0.25) is 9.36 Å². The van der Waals surface area contributed by atoms with Gasteiger partial charge in [0.25, 0.3) is 3.57 Å². The number of hydrogen-bond donors (Lipinski definition) is 0. The molecule has 0 radical (unpaired) electrons. The average Bonchev–Trinajstić information content (AvgIpc) is 2.74. The number of benzene rings is 3. The van der Waals surface area contributed by atoms with Gasteiger partial charge in [0.2, 0.25) is 0 Å². The lowest BCUT2D eigenvalue weighted by Crippen LogP contribution is -3.62. The zero-order valence-electron chi connectivity index (χ0n) is 14.7. The van der Waals surface area contributed by atoms with Crippen LogP contribution in [-0.2, 0) is 0 Å². The van der Waals surface area contributed by atoms with Crippen molar-refractivity contribution in [2.45, 2.75) is 0 Å². The third-order valence-electron chi connectivity index (χ3n) is 4.13. The highest BCUT2D eigenvalue weighted by atomic mass is 127. The van der Waals surface area contributed by atoms with Crippen molar-refractivity contribution in [3.05, 3.63) is 119 Å². The van der Waals surface area contributed by atoms with Gasteiger partial charge in [-0.15, -0.1) is 0 Å². The summed E-state index contributed by atoms with van der Waals surface area (Å²) in [4.78, 5) is 26.3. The molecular weight excluding hydrogens is 467 g/mol. The number of hydrogen-bond acceptors (Lipinski definition) is 3. The van der Waals surface area contributed by atoms with Gasteiger partial charge < -0.3 is 5.11 Å². The first-order chi connectivity index (χ1) is 13.7. The molecule has 28 heavy (non-hydrogen) atoms. The second-order valence-corrected chi connectivity index (χ2v) is 8.80. The standard InChI is InChI=1S/C22H15IN2O3/c26-20-19(23-16-10-4-1-5-11-16)21(27)25(18-14-8-3-9-15-18)22(28)24(20)17-12-6-2-7-13-17/h1-15H. The van der Waals surface area contributed by atoms with Crippen molar-refractivity contribution in [2.24, 2.45) is 0 Å². The summed E-state index contributed by atoms with van der Waals surface area (Å²) in [6, 6.07) is 26.8. The smallest absolute Gasteiger partial charge is 0.365 e. The second kappa shape index (κ2) is 7.85. The van der Waals surface area contributed by atoms with E-state index in [1.54, 1.807) is 48.5 Å². The molecule has 0 aliphatic carbocycles. The number of para-hydroxylation sites is 2. The Balaban J connectivity index is 2.03. The molecule has 0 amide bonds. The van der Waals surface area contributed by atoms with E-state index in [0.717, 1.165) is 12.7 Å². The van der Waals surface area contributed by atoms with Crippen LogP contribution in [0.15, 0.2) is 101 Å². The van der Waals surface area contributed by atoms with E-state index in [9.17, 15) is 14.7 Å². The van der Waals surface area contributed by atoms with Gasteiger partial charge in [0, 0.05) is 11.6 Å². The Labute approximate surface area is 171 Å². The minimum Gasteiger partial charge on any atom is -0.856 e. The van der Waals surface area contributed by atoms with Gasteiger partial charge in [0.05, 0.1) is 5.69 Å². The van der Waals surface area contributed by atoms with Crippen molar-refractivity contribution < 1.29 is 26.3 Å². The number of nitrogens with zero attached hydrogens (tertiary/aromatic N) is 2. The molecule has 0 fully saturated rings. The Morgan fingerprint density at radius 2 is 1.11 bits per heavy atom. The molecule has 5 nitrogen and oxygen atoms in total. The largest absolute Gasteiger partial charge is 0.856 e. The van der Waals surface area contributed by atoms with Crippen LogP contribution in [-0.4, -0.2) is 9.13 Å². The van der Waals surface area contributed by atoms with Crippen LogP contribution in [0.25, 0.3) is 11.4 Å². The maximum Gasteiger partial charge on any atom is 0.365 e. The Morgan fingerprint density at radius 1 is 0.643 bits per heavy atom. The van der Waals surface area contributed by atoms with Crippen LogP contribution in [0.4, 0.5) is 0 Å². The Morgan fingerprint density at radius 3 is 1.64 bits per heavy atom. The minimum atomic E-state index is -1.05. The van der Waals surface area contributed by atoms with Crippen LogP contribution in [0.1, 0.15) is 0 Å². The van der Waals surface area contributed by atoms with E-state index < -0.39 is 38.3 Å². The summed E-state index contributed by atoms with van der Waals surface area (Å²) >= 11 is -1.05. The predicted molar refractivity (Wildman–Crippen MR) is 101 cm³/mol. The zero-order chi connectivity index (χ0) is 19.5. The van der Waals surface area contributed by atoms with Crippen molar-refractivity contribution in [3.63, 3.8) is 0 Å². The van der Waals surface area contributed by atoms with Crippen LogP contribution >= 0.6 is 0 Å². The third-order valence-corrected chi connectivity index (χ3v) is 6.93. The highest BCUT2D eigenvalue weighted by molar-refractivity contribution is 5.37. The molecule has 6 heteroatoms. The molecule has 0 aliphatic heterocycles. The maximum atomic E-state index is 13.2. The van der Waals surface area contributed by atoms with E-state index in [-0.39, 0.29) is 3.57 Å². The average molecular weight is 482 g/mol. The summed E-state index contributed by atoms with van der Waals surface area (Å²) in [6.45, 7) is 0. The fourth-order valence-corrected chi connectivity index (χ4v) is 5.18. The molecule has 0 bridgehead atoms. The second-order valence-electron chi connectivity index (χ2n) is 5.94. The molecule has 1 heterocycles. The SMILES string of the molecule is O=c1c([I+]c2ccccc2)c([O-])n(-c2ccccc2)c(=O)n1-c1ccccc1. The molecule has 4 aromatic rings. The van der Waals surface area contributed by atoms with E-state index in [1.807, 2.05) is 42.5 Å². The Hall–Kier alpha value is -3.13. The summed E-state index contributed by atoms with van der Waals surface area (Å²) in [7, 11) is 0. The maximum absolute atomic E-state index is 13.2.